The zero-order chi connectivity index (χ0) is 26.8. The van der Waals surface area contributed by atoms with Gasteiger partial charge in [-0.2, -0.15) is 0 Å². The first kappa shape index (κ1) is 27.0. The molecule has 0 N–H and O–H groups in total. The van der Waals surface area contributed by atoms with Crippen LogP contribution in [0.15, 0.2) is 78.9 Å². The predicted octanol–water partition coefficient (Wildman–Crippen LogP) is 5.33. The van der Waals surface area contributed by atoms with Gasteiger partial charge in [-0.25, -0.2) is 14.4 Å². The molecule has 0 spiro atoms. The molecule has 0 radical (unpaired) electrons. The highest BCUT2D eigenvalue weighted by atomic mass is 16.5. The third kappa shape index (κ3) is 7.96. The van der Waals surface area contributed by atoms with Gasteiger partial charge in [0.25, 0.3) is 0 Å². The molecule has 0 unspecified atom stereocenters. The SMILES string of the molecule is C=C(C)C(=O)OCCCOc1ccc(C(=O)Oc2ccc(OC(=O)c3ccc(OC)cc3)cc2C)cc1. The van der Waals surface area contributed by atoms with E-state index in [0.29, 0.717) is 58.3 Å². The Kier molecular flexibility index (Phi) is 9.43. The molecule has 0 atom stereocenters. The lowest BCUT2D eigenvalue weighted by molar-refractivity contribution is -0.139. The second kappa shape index (κ2) is 12.9. The van der Waals surface area contributed by atoms with Gasteiger partial charge in [0.2, 0.25) is 0 Å². The van der Waals surface area contributed by atoms with Crippen molar-refractivity contribution in [1.29, 1.82) is 0 Å². The van der Waals surface area contributed by atoms with Crippen LogP contribution in [-0.4, -0.2) is 38.2 Å². The summed E-state index contributed by atoms with van der Waals surface area (Å²) in [6.07, 6.45) is 0.521. The lowest BCUT2D eigenvalue weighted by Gasteiger charge is -2.11. The largest absolute Gasteiger partial charge is 0.497 e. The van der Waals surface area contributed by atoms with Crippen LogP contribution in [0.2, 0.25) is 0 Å². The molecule has 0 aliphatic rings. The number of benzene rings is 3. The van der Waals surface area contributed by atoms with Gasteiger partial charge >= 0.3 is 17.9 Å². The summed E-state index contributed by atoms with van der Waals surface area (Å²) in [6.45, 7) is 7.43. The van der Waals surface area contributed by atoms with Gasteiger partial charge in [-0.15, -0.1) is 0 Å². The van der Waals surface area contributed by atoms with Crippen LogP contribution in [0.3, 0.4) is 0 Å². The number of hydrogen-bond acceptors (Lipinski definition) is 8. The van der Waals surface area contributed by atoms with Gasteiger partial charge in [-0.1, -0.05) is 6.58 Å². The van der Waals surface area contributed by atoms with Crippen molar-refractivity contribution in [2.75, 3.05) is 20.3 Å². The van der Waals surface area contributed by atoms with Gasteiger partial charge in [0.15, 0.2) is 0 Å². The van der Waals surface area contributed by atoms with Crippen LogP contribution in [0.5, 0.6) is 23.0 Å². The van der Waals surface area contributed by atoms with Crippen LogP contribution in [0, 0.1) is 6.92 Å². The summed E-state index contributed by atoms with van der Waals surface area (Å²) in [7, 11) is 1.55. The van der Waals surface area contributed by atoms with E-state index in [9.17, 15) is 14.4 Å². The number of rotatable bonds is 11. The van der Waals surface area contributed by atoms with E-state index in [-0.39, 0.29) is 6.61 Å². The quantitative estimate of drug-likeness (QED) is 0.150. The van der Waals surface area contributed by atoms with Crippen molar-refractivity contribution >= 4 is 17.9 Å². The van der Waals surface area contributed by atoms with Crippen molar-refractivity contribution in [3.05, 3.63) is 95.6 Å². The Morgan fingerprint density at radius 2 is 1.32 bits per heavy atom. The Morgan fingerprint density at radius 3 is 1.89 bits per heavy atom. The van der Waals surface area contributed by atoms with Crippen molar-refractivity contribution in [1.82, 2.24) is 0 Å². The molecule has 8 heteroatoms. The van der Waals surface area contributed by atoms with Crippen LogP contribution in [0.1, 0.15) is 39.6 Å². The highest BCUT2D eigenvalue weighted by molar-refractivity contribution is 5.92. The monoisotopic (exact) mass is 504 g/mol. The second-order valence-electron chi connectivity index (χ2n) is 8.08. The smallest absolute Gasteiger partial charge is 0.343 e. The Bertz CT molecular complexity index is 1260. The highest BCUT2D eigenvalue weighted by Gasteiger charge is 2.14. The number of carbonyl (C=O) groups excluding carboxylic acids is 3. The zero-order valence-electron chi connectivity index (χ0n) is 20.9. The Morgan fingerprint density at radius 1 is 0.757 bits per heavy atom. The number of carbonyl (C=O) groups is 3. The van der Waals surface area contributed by atoms with E-state index in [2.05, 4.69) is 6.58 Å². The van der Waals surface area contributed by atoms with Gasteiger partial charge < -0.3 is 23.7 Å². The van der Waals surface area contributed by atoms with Gasteiger partial charge in [0.1, 0.15) is 23.0 Å². The number of methoxy groups -OCH3 is 1. The third-order valence-electron chi connectivity index (χ3n) is 5.11. The number of ether oxygens (including phenoxy) is 5. The molecule has 192 valence electrons. The fraction of sp³-hybridized carbons (Fsp3) is 0.207. The molecule has 8 nitrogen and oxygen atoms in total. The maximum atomic E-state index is 12.6. The molecule has 0 heterocycles. The topological polar surface area (TPSA) is 97.4 Å². The predicted molar refractivity (Wildman–Crippen MR) is 136 cm³/mol. The van der Waals surface area contributed by atoms with E-state index in [1.807, 2.05) is 0 Å². The average Bonchev–Trinajstić information content (AvgIpc) is 2.90. The summed E-state index contributed by atoms with van der Waals surface area (Å²) in [4.78, 5) is 36.3. The molecule has 3 aromatic rings. The normalized spacial score (nSPS) is 10.2. The van der Waals surface area contributed by atoms with Crippen LogP contribution < -0.4 is 18.9 Å². The van der Waals surface area contributed by atoms with E-state index >= 15 is 0 Å². The summed E-state index contributed by atoms with van der Waals surface area (Å²) in [6, 6.07) is 17.8. The highest BCUT2D eigenvalue weighted by Crippen LogP contribution is 2.25. The van der Waals surface area contributed by atoms with Gasteiger partial charge in [0, 0.05) is 12.0 Å². The van der Waals surface area contributed by atoms with Crippen molar-refractivity contribution in [2.45, 2.75) is 20.3 Å². The second-order valence-corrected chi connectivity index (χ2v) is 8.08. The van der Waals surface area contributed by atoms with Crippen molar-refractivity contribution in [2.24, 2.45) is 0 Å². The summed E-state index contributed by atoms with van der Waals surface area (Å²) in [5, 5.41) is 0. The van der Waals surface area contributed by atoms with Crippen LogP contribution in [0.25, 0.3) is 0 Å². The zero-order valence-corrected chi connectivity index (χ0v) is 20.9. The minimum atomic E-state index is -0.538. The van der Waals surface area contributed by atoms with Crippen molar-refractivity contribution < 1.29 is 38.1 Å². The molecule has 3 aromatic carbocycles. The number of hydrogen-bond donors (Lipinski definition) is 0. The lowest BCUT2D eigenvalue weighted by Crippen LogP contribution is -2.11. The van der Waals surface area contributed by atoms with E-state index in [4.69, 9.17) is 23.7 Å². The summed E-state index contributed by atoms with van der Waals surface area (Å²) >= 11 is 0. The fourth-order valence-corrected chi connectivity index (χ4v) is 3.08. The molecule has 0 aliphatic heterocycles. The number of aryl methyl sites for hydroxylation is 1. The molecular weight excluding hydrogens is 476 g/mol. The molecule has 0 bridgehead atoms. The van der Waals surface area contributed by atoms with E-state index in [1.165, 1.54) is 0 Å². The van der Waals surface area contributed by atoms with Crippen molar-refractivity contribution in [3.8, 4) is 23.0 Å². The first-order chi connectivity index (χ1) is 17.8. The summed E-state index contributed by atoms with van der Waals surface area (Å²) in [5.74, 6) is 0.406. The molecule has 0 amide bonds. The maximum Gasteiger partial charge on any atom is 0.343 e. The summed E-state index contributed by atoms with van der Waals surface area (Å²) in [5.41, 5.74) is 1.70. The van der Waals surface area contributed by atoms with Crippen LogP contribution >= 0.6 is 0 Å². The van der Waals surface area contributed by atoms with E-state index < -0.39 is 17.9 Å². The Labute approximate surface area is 215 Å². The molecule has 37 heavy (non-hydrogen) atoms. The first-order valence-corrected chi connectivity index (χ1v) is 11.5. The van der Waals surface area contributed by atoms with Crippen molar-refractivity contribution in [3.63, 3.8) is 0 Å². The minimum absolute atomic E-state index is 0.231. The van der Waals surface area contributed by atoms with Gasteiger partial charge in [-0.05, 0) is 86.1 Å². The van der Waals surface area contributed by atoms with E-state index in [1.54, 1.807) is 87.7 Å². The molecule has 0 aliphatic carbocycles. The van der Waals surface area contributed by atoms with Gasteiger partial charge in [-0.3, -0.25) is 0 Å². The molecule has 0 saturated carbocycles. The molecular formula is C29H28O8. The summed E-state index contributed by atoms with van der Waals surface area (Å²) < 4.78 is 26.6. The molecule has 0 fully saturated rings. The standard InChI is InChI=1S/C29H28O8/c1-19(2)27(30)35-17-5-16-34-24-12-8-22(9-13-24)29(32)37-26-15-14-25(18-20(26)3)36-28(31)21-6-10-23(33-4)11-7-21/h6-15,18H,1,5,16-17H2,2-4H3. The Hall–Kier alpha value is -4.59. The molecule has 3 rings (SSSR count). The lowest BCUT2D eigenvalue weighted by atomic mass is 10.2. The molecule has 0 saturated heterocycles. The molecule has 0 aromatic heterocycles. The first-order valence-electron chi connectivity index (χ1n) is 11.5. The maximum absolute atomic E-state index is 12.6. The number of esters is 3. The Balaban J connectivity index is 1.50. The van der Waals surface area contributed by atoms with E-state index in [0.717, 1.165) is 0 Å². The fourth-order valence-electron chi connectivity index (χ4n) is 3.08. The third-order valence-corrected chi connectivity index (χ3v) is 5.11. The van der Waals surface area contributed by atoms with Crippen LogP contribution in [-0.2, 0) is 9.53 Å². The minimum Gasteiger partial charge on any atom is -0.497 e. The average molecular weight is 505 g/mol. The van der Waals surface area contributed by atoms with Gasteiger partial charge in [0.05, 0.1) is 31.5 Å². The van der Waals surface area contributed by atoms with Crippen LogP contribution in [0.4, 0.5) is 0 Å².